The van der Waals surface area contributed by atoms with E-state index in [4.69, 9.17) is 9.68 Å². The number of nitrogens with zero attached hydrogens (tertiary/aromatic N) is 1. The molecule has 2 aromatic carbocycles. The van der Waals surface area contributed by atoms with Crippen molar-refractivity contribution in [2.24, 2.45) is 0 Å². The summed E-state index contributed by atoms with van der Waals surface area (Å²) in [4.78, 5) is 24.2. The van der Waals surface area contributed by atoms with Crippen molar-refractivity contribution in [3.63, 3.8) is 0 Å². The normalized spacial score (nSPS) is 11.8. The molecule has 0 spiro atoms. The second-order valence-electron chi connectivity index (χ2n) is 5.84. The van der Waals surface area contributed by atoms with E-state index in [0.717, 1.165) is 0 Å². The molecule has 0 radical (unpaired) electrons. The summed E-state index contributed by atoms with van der Waals surface area (Å²) in [5.74, 6) is -0.949. The van der Waals surface area contributed by atoms with E-state index in [1.165, 1.54) is 6.92 Å². The van der Waals surface area contributed by atoms with Gasteiger partial charge in [-0.2, -0.15) is 5.26 Å². The van der Waals surface area contributed by atoms with Gasteiger partial charge in [0.1, 0.15) is 17.1 Å². The molecule has 5 nitrogen and oxygen atoms in total. The first-order valence-electron chi connectivity index (χ1n) is 7.75. The average molecular weight is 333 g/mol. The highest BCUT2D eigenvalue weighted by Crippen LogP contribution is 2.36. The van der Waals surface area contributed by atoms with Crippen LogP contribution in [0.1, 0.15) is 36.0 Å². The number of rotatable bonds is 4. The van der Waals surface area contributed by atoms with Gasteiger partial charge in [0, 0.05) is 12.3 Å². The van der Waals surface area contributed by atoms with Crippen LogP contribution in [-0.4, -0.2) is 10.9 Å². The zero-order valence-electron chi connectivity index (χ0n) is 13.5. The highest BCUT2D eigenvalue weighted by Gasteiger charge is 2.25. The average Bonchev–Trinajstić information content (AvgIpc) is 2.60. The van der Waals surface area contributed by atoms with Crippen molar-refractivity contribution in [1.82, 2.24) is 0 Å². The number of hydrogen-bond acceptors (Lipinski definition) is 5. The predicted octanol–water partition coefficient (Wildman–Crippen LogP) is 3.48. The lowest BCUT2D eigenvalue weighted by molar-refractivity contribution is -0.117. The Kier molecular flexibility index (Phi) is 4.36. The summed E-state index contributed by atoms with van der Waals surface area (Å²) in [6.45, 7) is 1.43. The van der Waals surface area contributed by atoms with Crippen molar-refractivity contribution in [3.8, 4) is 11.8 Å². The molecule has 3 aromatic rings. The first-order valence-corrected chi connectivity index (χ1v) is 7.75. The molecule has 0 amide bonds. The van der Waals surface area contributed by atoms with E-state index in [1.807, 2.05) is 6.07 Å². The van der Waals surface area contributed by atoms with Crippen LogP contribution in [0.25, 0.3) is 11.0 Å². The molecular weight excluding hydrogens is 318 g/mol. The van der Waals surface area contributed by atoms with Gasteiger partial charge in [-0.3, -0.25) is 4.79 Å². The number of nitriles is 1. The maximum atomic E-state index is 12.5. The fourth-order valence-corrected chi connectivity index (χ4v) is 2.92. The van der Waals surface area contributed by atoms with Crippen molar-refractivity contribution in [2.45, 2.75) is 19.3 Å². The van der Waals surface area contributed by atoms with Crippen LogP contribution in [0.4, 0.5) is 0 Å². The minimum atomic E-state index is -0.674. The van der Waals surface area contributed by atoms with E-state index in [0.29, 0.717) is 16.5 Å². The molecule has 1 aromatic heterocycles. The first kappa shape index (κ1) is 16.5. The van der Waals surface area contributed by atoms with Crippen molar-refractivity contribution in [2.75, 3.05) is 0 Å². The van der Waals surface area contributed by atoms with Crippen LogP contribution in [0.2, 0.25) is 0 Å². The van der Waals surface area contributed by atoms with Gasteiger partial charge in [-0.1, -0.05) is 24.3 Å². The van der Waals surface area contributed by atoms with Crippen LogP contribution in [0.5, 0.6) is 5.75 Å². The van der Waals surface area contributed by atoms with E-state index in [9.17, 15) is 14.7 Å². The van der Waals surface area contributed by atoms with Crippen molar-refractivity contribution in [3.05, 3.63) is 75.6 Å². The molecular formula is C20H15NO4. The van der Waals surface area contributed by atoms with Crippen LogP contribution in [-0.2, 0) is 4.79 Å². The summed E-state index contributed by atoms with van der Waals surface area (Å²) >= 11 is 0. The van der Waals surface area contributed by atoms with Gasteiger partial charge in [0.15, 0.2) is 0 Å². The molecule has 1 atom stereocenters. The first-order chi connectivity index (χ1) is 12.0. The third-order valence-corrected chi connectivity index (χ3v) is 4.10. The third kappa shape index (κ3) is 3.15. The SMILES string of the molecule is CC(=O)C[C@H](c1ccc(C#N)cc1)c1c(O)c2ccccc2oc1=O. The molecule has 0 saturated carbocycles. The summed E-state index contributed by atoms with van der Waals surface area (Å²) < 4.78 is 5.32. The number of hydrogen-bond donors (Lipinski definition) is 1. The number of ketones is 1. The quantitative estimate of drug-likeness (QED) is 0.738. The molecule has 0 fully saturated rings. The summed E-state index contributed by atoms with van der Waals surface area (Å²) in [5.41, 5.74) is 0.799. The van der Waals surface area contributed by atoms with Crippen LogP contribution < -0.4 is 5.63 Å². The van der Waals surface area contributed by atoms with Crippen LogP contribution in [0.3, 0.4) is 0 Å². The second kappa shape index (κ2) is 6.62. The summed E-state index contributed by atoms with van der Waals surface area (Å²) in [5, 5.41) is 20.0. The smallest absolute Gasteiger partial charge is 0.343 e. The van der Waals surface area contributed by atoms with E-state index in [-0.39, 0.29) is 29.1 Å². The monoisotopic (exact) mass is 333 g/mol. The molecule has 1 N–H and O–H groups in total. The maximum absolute atomic E-state index is 12.5. The Morgan fingerprint density at radius 2 is 1.88 bits per heavy atom. The van der Waals surface area contributed by atoms with Crippen molar-refractivity contribution in [1.29, 1.82) is 5.26 Å². The fraction of sp³-hybridized carbons (Fsp3) is 0.150. The van der Waals surface area contributed by atoms with Gasteiger partial charge in [0.05, 0.1) is 22.6 Å². The number of Topliss-reactive ketones (excluding diaryl/α,β-unsaturated/α-hetero) is 1. The van der Waals surface area contributed by atoms with Crippen molar-refractivity contribution < 1.29 is 14.3 Å². The Balaban J connectivity index is 2.23. The number of carbonyl (C=O) groups excluding carboxylic acids is 1. The van der Waals surface area contributed by atoms with Gasteiger partial charge in [-0.25, -0.2) is 4.79 Å². The molecule has 0 aliphatic rings. The minimum Gasteiger partial charge on any atom is -0.507 e. The van der Waals surface area contributed by atoms with Gasteiger partial charge in [-0.05, 0) is 36.8 Å². The number of para-hydroxylation sites is 1. The van der Waals surface area contributed by atoms with Crippen molar-refractivity contribution >= 4 is 16.8 Å². The van der Waals surface area contributed by atoms with E-state index in [2.05, 4.69) is 0 Å². The molecule has 3 rings (SSSR count). The zero-order chi connectivity index (χ0) is 18.0. The maximum Gasteiger partial charge on any atom is 0.343 e. The number of benzene rings is 2. The molecule has 0 aliphatic heterocycles. The lowest BCUT2D eigenvalue weighted by atomic mass is 9.86. The van der Waals surface area contributed by atoms with Gasteiger partial charge in [-0.15, -0.1) is 0 Å². The molecule has 0 bridgehead atoms. The van der Waals surface area contributed by atoms with Crippen LogP contribution >= 0.6 is 0 Å². The Hall–Kier alpha value is -3.39. The van der Waals surface area contributed by atoms with Gasteiger partial charge in [0.25, 0.3) is 0 Å². The molecule has 0 saturated heterocycles. The Morgan fingerprint density at radius 1 is 1.20 bits per heavy atom. The molecule has 5 heteroatoms. The lowest BCUT2D eigenvalue weighted by Gasteiger charge is -2.17. The molecule has 124 valence electrons. The predicted molar refractivity (Wildman–Crippen MR) is 92.4 cm³/mol. The third-order valence-electron chi connectivity index (χ3n) is 4.10. The Morgan fingerprint density at radius 3 is 2.52 bits per heavy atom. The molecule has 25 heavy (non-hydrogen) atoms. The topological polar surface area (TPSA) is 91.3 Å². The van der Waals surface area contributed by atoms with E-state index >= 15 is 0 Å². The van der Waals surface area contributed by atoms with Crippen LogP contribution in [0.15, 0.2) is 57.7 Å². The molecule has 0 unspecified atom stereocenters. The number of aromatic hydroxyl groups is 1. The Bertz CT molecular complexity index is 1040. The Labute approximate surface area is 143 Å². The van der Waals surface area contributed by atoms with Gasteiger partial charge < -0.3 is 9.52 Å². The minimum absolute atomic E-state index is 0.0442. The highest BCUT2D eigenvalue weighted by molar-refractivity contribution is 5.85. The largest absolute Gasteiger partial charge is 0.507 e. The number of carbonyl (C=O) groups is 1. The highest BCUT2D eigenvalue weighted by atomic mass is 16.4. The zero-order valence-corrected chi connectivity index (χ0v) is 13.5. The van der Waals surface area contributed by atoms with Gasteiger partial charge >= 0.3 is 5.63 Å². The van der Waals surface area contributed by atoms with Gasteiger partial charge in [0.2, 0.25) is 0 Å². The second-order valence-corrected chi connectivity index (χ2v) is 5.84. The van der Waals surface area contributed by atoms with Crippen LogP contribution in [0, 0.1) is 11.3 Å². The standard InChI is InChI=1S/C20H15NO4/c1-12(22)10-16(14-8-6-13(11-21)7-9-14)18-19(23)15-4-2-3-5-17(15)25-20(18)24/h2-9,16,23H,10H2,1H3/t16-/m1/s1. The number of fused-ring (bicyclic) bond motifs is 1. The molecule has 0 aliphatic carbocycles. The van der Waals surface area contributed by atoms with E-state index < -0.39 is 11.5 Å². The summed E-state index contributed by atoms with van der Waals surface area (Å²) in [6, 6.07) is 15.3. The van der Waals surface area contributed by atoms with E-state index in [1.54, 1.807) is 48.5 Å². The lowest BCUT2D eigenvalue weighted by Crippen LogP contribution is -2.16. The summed E-state index contributed by atoms with van der Waals surface area (Å²) in [6.07, 6.45) is 0.0442. The molecule has 1 heterocycles. The fourth-order valence-electron chi connectivity index (χ4n) is 2.92. The summed E-state index contributed by atoms with van der Waals surface area (Å²) in [7, 11) is 0.